The quantitative estimate of drug-likeness (QED) is 0.837. The molecule has 7 heteroatoms. The molecule has 0 bridgehead atoms. The summed E-state index contributed by atoms with van der Waals surface area (Å²) >= 11 is 1.39. The van der Waals surface area contributed by atoms with Crippen LogP contribution in [0.4, 0.5) is 5.88 Å². The van der Waals surface area contributed by atoms with Gasteiger partial charge in [-0.25, -0.2) is 4.98 Å². The predicted molar refractivity (Wildman–Crippen MR) is 68.5 cm³/mol. The van der Waals surface area contributed by atoms with Gasteiger partial charge in [-0.15, -0.1) is 0 Å². The van der Waals surface area contributed by atoms with Crippen LogP contribution in [-0.2, 0) is 11.3 Å². The monoisotopic (exact) mass is 266 g/mol. The van der Waals surface area contributed by atoms with Gasteiger partial charge in [0.15, 0.2) is 5.16 Å². The van der Waals surface area contributed by atoms with Crippen molar-refractivity contribution in [3.63, 3.8) is 0 Å². The Morgan fingerprint density at radius 3 is 3.11 bits per heavy atom. The lowest BCUT2D eigenvalue weighted by molar-refractivity contribution is -0.113. The Hall–Kier alpha value is -1.76. The van der Waals surface area contributed by atoms with Crippen molar-refractivity contribution in [1.82, 2.24) is 14.7 Å². The molecule has 1 N–H and O–H groups in total. The van der Waals surface area contributed by atoms with Crippen LogP contribution in [0.3, 0.4) is 0 Å². The maximum atomic E-state index is 11.7. The summed E-state index contributed by atoms with van der Waals surface area (Å²) in [4.78, 5) is 15.8. The molecule has 18 heavy (non-hydrogen) atoms. The first kappa shape index (κ1) is 12.7. The summed E-state index contributed by atoms with van der Waals surface area (Å²) in [5.74, 6) is 0.523. The van der Waals surface area contributed by atoms with Crippen molar-refractivity contribution < 1.29 is 9.32 Å². The van der Waals surface area contributed by atoms with Crippen LogP contribution in [0.5, 0.6) is 0 Å². The third-order valence-corrected chi connectivity index (χ3v) is 3.25. The molecule has 1 amide bonds. The zero-order valence-electron chi connectivity index (χ0n) is 10.2. The number of thioether (sulfide) groups is 1. The molecule has 96 valence electrons. The van der Waals surface area contributed by atoms with Crippen molar-refractivity contribution in [2.24, 2.45) is 0 Å². The lowest BCUT2D eigenvalue weighted by atomic mass is 10.5. The third kappa shape index (κ3) is 3.13. The summed E-state index contributed by atoms with van der Waals surface area (Å²) in [5.41, 5.74) is 0.736. The Kier molecular flexibility index (Phi) is 4.03. The minimum absolute atomic E-state index is 0.137. The Morgan fingerprint density at radius 1 is 1.61 bits per heavy atom. The van der Waals surface area contributed by atoms with Crippen LogP contribution in [0.2, 0.25) is 0 Å². The minimum atomic E-state index is -0.137. The number of hydrogen-bond acceptors (Lipinski definition) is 5. The number of carbonyl (C=O) groups is 1. The molecule has 2 heterocycles. The van der Waals surface area contributed by atoms with Crippen LogP contribution in [0, 0.1) is 6.92 Å². The summed E-state index contributed by atoms with van der Waals surface area (Å²) in [6.07, 6.45) is 3.61. The van der Waals surface area contributed by atoms with Gasteiger partial charge >= 0.3 is 0 Å². The zero-order valence-corrected chi connectivity index (χ0v) is 11.0. The van der Waals surface area contributed by atoms with Gasteiger partial charge in [0.05, 0.1) is 11.4 Å². The van der Waals surface area contributed by atoms with Gasteiger partial charge in [-0.3, -0.25) is 10.1 Å². The van der Waals surface area contributed by atoms with Crippen molar-refractivity contribution in [2.75, 3.05) is 11.1 Å². The van der Waals surface area contributed by atoms with Crippen LogP contribution < -0.4 is 5.32 Å². The van der Waals surface area contributed by atoms with Crippen LogP contribution in [0.15, 0.2) is 28.1 Å². The predicted octanol–water partition coefficient (Wildman–Crippen LogP) is 1.93. The standard InChI is InChI=1S/C11H14N4O2S/c1-3-15-5-4-12-11(15)18-7-9(16)13-10-6-8(2)14-17-10/h4-6H,3,7H2,1-2H3,(H,13,16). The number of hydrogen-bond donors (Lipinski definition) is 1. The Labute approximate surface area is 109 Å². The normalized spacial score (nSPS) is 10.6. The van der Waals surface area contributed by atoms with Crippen LogP contribution in [-0.4, -0.2) is 26.4 Å². The number of aryl methyl sites for hydroxylation is 2. The van der Waals surface area contributed by atoms with E-state index >= 15 is 0 Å². The van der Waals surface area contributed by atoms with E-state index in [1.807, 2.05) is 17.7 Å². The van der Waals surface area contributed by atoms with E-state index in [2.05, 4.69) is 15.5 Å². The Bertz CT molecular complexity index is 535. The highest BCUT2D eigenvalue weighted by Gasteiger charge is 2.09. The highest BCUT2D eigenvalue weighted by molar-refractivity contribution is 7.99. The average molecular weight is 266 g/mol. The van der Waals surface area contributed by atoms with Gasteiger partial charge in [-0.1, -0.05) is 16.9 Å². The SMILES string of the molecule is CCn1ccnc1SCC(=O)Nc1cc(C)no1. The van der Waals surface area contributed by atoms with Gasteiger partial charge in [0, 0.05) is 25.0 Å². The lowest BCUT2D eigenvalue weighted by Gasteiger charge is -2.03. The first-order valence-electron chi connectivity index (χ1n) is 5.56. The first-order valence-corrected chi connectivity index (χ1v) is 6.54. The molecule has 2 rings (SSSR count). The van der Waals surface area contributed by atoms with Crippen molar-refractivity contribution in [2.45, 2.75) is 25.5 Å². The maximum Gasteiger partial charge on any atom is 0.237 e. The lowest BCUT2D eigenvalue weighted by Crippen LogP contribution is -2.14. The fourth-order valence-corrected chi connectivity index (χ4v) is 2.23. The number of rotatable bonds is 5. The number of amides is 1. The van der Waals surface area contributed by atoms with Gasteiger partial charge in [0.25, 0.3) is 0 Å². The number of carbonyl (C=O) groups excluding carboxylic acids is 1. The molecule has 0 spiro atoms. The second kappa shape index (κ2) is 5.72. The number of imidazole rings is 1. The second-order valence-electron chi connectivity index (χ2n) is 3.67. The molecule has 0 atom stereocenters. The number of aromatic nitrogens is 3. The molecular weight excluding hydrogens is 252 g/mol. The molecule has 0 aliphatic rings. The molecular formula is C11H14N4O2S. The molecule has 0 saturated heterocycles. The van der Waals surface area contributed by atoms with E-state index in [0.29, 0.717) is 5.88 Å². The van der Waals surface area contributed by atoms with Crippen molar-refractivity contribution in [3.05, 3.63) is 24.2 Å². The summed E-state index contributed by atoms with van der Waals surface area (Å²) in [6.45, 7) is 4.67. The molecule has 2 aromatic rings. The Balaban J connectivity index is 1.85. The van der Waals surface area contributed by atoms with Crippen molar-refractivity contribution >= 4 is 23.6 Å². The fourth-order valence-electron chi connectivity index (χ4n) is 1.40. The molecule has 0 aliphatic carbocycles. The summed E-state index contributed by atoms with van der Waals surface area (Å²) in [5, 5.41) is 7.17. The van der Waals surface area contributed by atoms with E-state index in [-0.39, 0.29) is 11.7 Å². The smallest absolute Gasteiger partial charge is 0.237 e. The maximum absolute atomic E-state index is 11.7. The van der Waals surface area contributed by atoms with E-state index in [0.717, 1.165) is 17.4 Å². The van der Waals surface area contributed by atoms with Gasteiger partial charge in [0.2, 0.25) is 11.8 Å². The van der Waals surface area contributed by atoms with Crippen molar-refractivity contribution in [3.8, 4) is 0 Å². The van der Waals surface area contributed by atoms with E-state index in [9.17, 15) is 4.79 Å². The number of anilines is 1. The molecule has 6 nitrogen and oxygen atoms in total. The summed E-state index contributed by atoms with van der Waals surface area (Å²) in [6, 6.07) is 1.68. The molecule has 0 aliphatic heterocycles. The van der Waals surface area contributed by atoms with E-state index < -0.39 is 0 Å². The molecule has 0 unspecified atom stereocenters. The zero-order chi connectivity index (χ0) is 13.0. The largest absolute Gasteiger partial charge is 0.338 e. The molecule has 0 aromatic carbocycles. The highest BCUT2D eigenvalue weighted by atomic mass is 32.2. The molecule has 0 fully saturated rings. The average Bonchev–Trinajstić information content (AvgIpc) is 2.95. The Morgan fingerprint density at radius 2 is 2.44 bits per heavy atom. The van der Waals surface area contributed by atoms with E-state index in [1.165, 1.54) is 11.8 Å². The second-order valence-corrected chi connectivity index (χ2v) is 4.61. The number of nitrogens with zero attached hydrogens (tertiary/aromatic N) is 3. The van der Waals surface area contributed by atoms with Gasteiger partial charge in [-0.2, -0.15) is 0 Å². The summed E-state index contributed by atoms with van der Waals surface area (Å²) < 4.78 is 6.89. The summed E-state index contributed by atoms with van der Waals surface area (Å²) in [7, 11) is 0. The molecule has 0 saturated carbocycles. The molecule has 0 radical (unpaired) electrons. The van der Waals surface area contributed by atoms with E-state index in [4.69, 9.17) is 4.52 Å². The van der Waals surface area contributed by atoms with Crippen LogP contribution in [0.1, 0.15) is 12.6 Å². The third-order valence-electron chi connectivity index (χ3n) is 2.24. The number of nitrogens with one attached hydrogen (secondary N) is 1. The van der Waals surface area contributed by atoms with E-state index in [1.54, 1.807) is 19.2 Å². The minimum Gasteiger partial charge on any atom is -0.338 e. The first-order chi connectivity index (χ1) is 8.69. The molecule has 2 aromatic heterocycles. The van der Waals surface area contributed by atoms with Crippen LogP contribution in [0.25, 0.3) is 0 Å². The van der Waals surface area contributed by atoms with Crippen molar-refractivity contribution in [1.29, 1.82) is 0 Å². The van der Waals surface area contributed by atoms with Crippen LogP contribution >= 0.6 is 11.8 Å². The fraction of sp³-hybridized carbons (Fsp3) is 0.364. The highest BCUT2D eigenvalue weighted by Crippen LogP contribution is 2.16. The van der Waals surface area contributed by atoms with Gasteiger partial charge < -0.3 is 9.09 Å². The van der Waals surface area contributed by atoms with Gasteiger partial charge in [0.1, 0.15) is 0 Å². The van der Waals surface area contributed by atoms with Gasteiger partial charge in [-0.05, 0) is 13.8 Å². The topological polar surface area (TPSA) is 73.0 Å².